The standard InChI is InChI=1S/C11H15F3O3.C9H14F3NO3.C9H13F3O3.C9H11F3O3.2C7H9F3O3.C7H9F3O2.C6H9BrO2.C5H7F3O.C2H2.8CH4.Al.Li.H3N2O.H2NO.2Na.2H2O.Pd.4H/c1-4-6-9(11(12,13)14)17-7-8(3)10(15)16-5-2;1-13(15-2)8(14)6-3-4-7(16-5-6)9(10,11)12;2*1-2-14-8(13)6-3-4-7(15-5-6)9(10,11)12;2*8-7(9,10)5-2-1-4(3-13-5)6(11)12;8-7(9,10)6-2-1-5(3-11)4-12-6;1-3-9-6(8)5(2)4-7;1-2-3-4(9)5(6,7)8;1-2;;;;;;;;;;;1-2-3;1-2;;;;;;;;;/h4,9H,1,3,5-7H2,2H3;6-7H,3-5H2,1-2H3;6-7H,2-5H2,1H3;3,7H,2,4-5H2,1H3;2*4-5H,1-3H2,(H,11,12);3,5-6H,1-2,4H2;2-4H2,1H3;2,4,9H,1,3H2;1-2H;8*1H4;;;3H,1H2;1-2H;;;2*1H2;;;;;/q;;;;;;;;;;;;;;;;;;;+1;2*-1;2*+1;;;;;;;-1/t;6-,7+;;;4-,5+;;5-,6-;;;;;;;;;;;;;;;;;;;;;;;;/m.1..1.0......................../s1. The van der Waals surface area contributed by atoms with Crippen LogP contribution in [0.3, 0.4) is 0 Å². The number of nitrogens with one attached hydrogen (secondary N) is 1. The van der Waals surface area contributed by atoms with Gasteiger partial charge in [-0.1, -0.05) is 107 Å². The Morgan fingerprint density at radius 1 is 0.532 bits per heavy atom. The van der Waals surface area contributed by atoms with Crippen LogP contribution in [0.25, 0.3) is 11.5 Å². The molecule has 7 unspecified atom stereocenters. The molecule has 12 N–H and O–H groups in total. The first-order valence-electron chi connectivity index (χ1n) is 36.4. The minimum absolute atomic E-state index is 0. The number of carboxylic acid groups (broad SMARTS) is 2. The van der Waals surface area contributed by atoms with E-state index in [0.29, 0.717) is 23.8 Å². The average Bonchev–Trinajstić information content (AvgIpc) is 0.858. The number of ether oxygens (including phenoxy) is 11. The van der Waals surface area contributed by atoms with Crippen LogP contribution in [0.5, 0.6) is 0 Å². The number of nitrogens with two attached hydrogens (primary N) is 1. The molecule has 0 radical (unpaired) electrons. The number of aliphatic carboxylic acids is 2. The van der Waals surface area contributed by atoms with Crippen molar-refractivity contribution in [2.24, 2.45) is 35.4 Å². The molecule has 6 aliphatic heterocycles. The second kappa shape index (κ2) is 99.4. The molecule has 0 aromatic rings. The van der Waals surface area contributed by atoms with E-state index in [1.807, 2.05) is 5.59 Å². The Bertz CT molecular complexity index is 3140. The van der Waals surface area contributed by atoms with Gasteiger partial charge in [0.25, 0.3) is 5.91 Å². The molecule has 0 aromatic heterocycles. The molecule has 0 aromatic carbocycles. The van der Waals surface area contributed by atoms with Crippen LogP contribution < -0.4 is 83.8 Å². The van der Waals surface area contributed by atoms with Crippen LogP contribution in [0.4, 0.5) is 105 Å². The van der Waals surface area contributed by atoms with E-state index in [1.165, 1.54) is 20.2 Å². The molecule has 5 saturated heterocycles. The summed E-state index contributed by atoms with van der Waals surface area (Å²) in [6.07, 6.45) is -39.3. The Hall–Kier alpha value is -3.83. The molecule has 836 valence electrons. The van der Waals surface area contributed by atoms with Gasteiger partial charge in [-0.2, -0.15) is 105 Å². The number of terminal acetylenes is 1. The molecular formula is C80H143AlBrF24LiN4Na2O27Pd. The van der Waals surface area contributed by atoms with Gasteiger partial charge in [-0.3, -0.25) is 24.0 Å². The molecule has 6 aliphatic rings. The number of hydroxylamine groups is 2. The Morgan fingerprint density at radius 2 is 0.830 bits per heavy atom. The quantitative estimate of drug-likeness (QED) is 0.00534. The van der Waals surface area contributed by atoms with Crippen molar-refractivity contribution >= 4 is 81.3 Å². The van der Waals surface area contributed by atoms with Crippen molar-refractivity contribution in [3.63, 3.8) is 0 Å². The summed E-state index contributed by atoms with van der Waals surface area (Å²) >= 11 is 3.08. The molecule has 0 saturated carbocycles. The van der Waals surface area contributed by atoms with Crippen molar-refractivity contribution in [1.29, 1.82) is 0 Å². The fraction of sp³-hybridized carbons (Fsp3) is 0.750. The first-order chi connectivity index (χ1) is 58.0. The first kappa shape index (κ1) is 188. The minimum Gasteiger partial charge on any atom is -1.00 e. The fourth-order valence-corrected chi connectivity index (χ4v) is 9.46. The summed E-state index contributed by atoms with van der Waals surface area (Å²) in [5, 5.41) is 39.8. The minimum atomic E-state index is -4.51. The van der Waals surface area contributed by atoms with Crippen molar-refractivity contribution < 1.29 is 337 Å². The van der Waals surface area contributed by atoms with Crippen LogP contribution in [0, 0.1) is 42.4 Å². The molecule has 0 spiro atoms. The van der Waals surface area contributed by atoms with E-state index in [4.69, 9.17) is 36.4 Å². The first-order valence-corrected chi connectivity index (χ1v) is 37.5. The fourth-order valence-electron chi connectivity index (χ4n) is 9.23. The van der Waals surface area contributed by atoms with Gasteiger partial charge in [-0.15, -0.1) is 26.0 Å². The van der Waals surface area contributed by atoms with Crippen LogP contribution in [0.1, 0.15) is 172 Å². The van der Waals surface area contributed by atoms with Crippen LogP contribution in [0.15, 0.2) is 61.3 Å². The van der Waals surface area contributed by atoms with E-state index in [0.717, 1.165) is 17.2 Å². The second-order valence-electron chi connectivity index (χ2n) is 25.2. The molecule has 6 rings (SSSR count). The molecule has 31 nitrogen and oxygen atoms in total. The third kappa shape index (κ3) is 89.9. The summed E-state index contributed by atoms with van der Waals surface area (Å²) in [7, 11) is 2.73. The smallest absolute Gasteiger partial charge is 1.00 e. The van der Waals surface area contributed by atoms with Crippen molar-refractivity contribution in [2.75, 3.05) is 92.2 Å². The number of amides is 1. The molecule has 6 heterocycles. The number of nitrogens with zero attached hydrogens (tertiary/aromatic N) is 2. The van der Waals surface area contributed by atoms with Crippen molar-refractivity contribution in [2.45, 2.75) is 269 Å². The van der Waals surface area contributed by atoms with Gasteiger partial charge in [0, 0.05) is 57.1 Å². The molecule has 141 heavy (non-hydrogen) atoms. The zero-order chi connectivity index (χ0) is 99.6. The Kier molecular flexibility index (Phi) is 133. The SMILES string of the molecule is C.C.C.C.C.C.C.C.C#C.C=C(CBr)C(=O)OCC.C=CCC(O)C(F)(F)F.C=CCC(OCC(=C)C(=O)OCC)C(F)(F)F.CCOC(=O)C1=CCC(C(F)(F)F)OC1.CCOC(=O)C1CCC(C(F)(F)F)OC1.CON(C)C(=O)[C@@H]1CC[C@@H](C(F)(F)F)OC1.N[N-]O.O.O.O=C(O)C1CCC(C(F)(F)F)OC1.O=C(O)[C@@H]1CC[C@@H](C(F)(F)F)OC1.O=C[C@@H]1CC[C@@H](C(F)(F)F)OC1.[AlH3].[H-].[Li+].[NH-]O.[Na+].[Na+].[Pd]. The van der Waals surface area contributed by atoms with E-state index in [9.17, 15) is 144 Å². The molecule has 1 amide bonds. The second-order valence-corrected chi connectivity index (χ2v) is 25.8. The van der Waals surface area contributed by atoms with Gasteiger partial charge < -0.3 is 112 Å². The van der Waals surface area contributed by atoms with Gasteiger partial charge in [0.1, 0.15) is 6.29 Å². The number of rotatable bonds is 21. The molecule has 13 atom stereocenters. The van der Waals surface area contributed by atoms with Gasteiger partial charge in [0.2, 0.25) is 0 Å². The van der Waals surface area contributed by atoms with Crippen molar-refractivity contribution in [1.82, 2.24) is 5.06 Å². The number of hydrogen-bond donors (Lipinski definition) is 6. The van der Waals surface area contributed by atoms with Crippen LogP contribution >= 0.6 is 15.9 Å². The summed E-state index contributed by atoms with van der Waals surface area (Å²) in [5.74, 6) is 1.01. The maximum atomic E-state index is 12.4. The monoisotopic (exact) mass is 2310 g/mol. The number of halogens is 25. The maximum Gasteiger partial charge on any atom is 1.00 e. The van der Waals surface area contributed by atoms with E-state index in [2.05, 4.69) is 113 Å². The maximum absolute atomic E-state index is 12.4. The van der Waals surface area contributed by atoms with E-state index < -0.39 is 165 Å². The van der Waals surface area contributed by atoms with Crippen LogP contribution in [-0.4, -0.2) is 298 Å². The number of alkyl halides is 25. The number of hydrogen-bond acceptors (Lipinski definition) is 24. The predicted octanol–water partition coefficient (Wildman–Crippen LogP) is 8.79. The zero-order valence-electron chi connectivity index (χ0n) is 73.6. The summed E-state index contributed by atoms with van der Waals surface area (Å²) in [5.41, 5.74) is 2.46. The number of aldehydes is 1. The van der Waals surface area contributed by atoms with Crippen molar-refractivity contribution in [3.8, 4) is 12.8 Å². The summed E-state index contributed by atoms with van der Waals surface area (Å²) in [6.45, 7) is 18.5. The van der Waals surface area contributed by atoms with Gasteiger partial charge in [0.05, 0.1) is 115 Å². The van der Waals surface area contributed by atoms with E-state index in [-0.39, 0.29) is 353 Å². The normalized spacial score (nSPS) is 19.8. The predicted molar refractivity (Wildman–Crippen MR) is 466 cm³/mol. The Balaban J connectivity index is -0.0000000560. The van der Waals surface area contributed by atoms with E-state index in [1.54, 1.807) is 27.7 Å². The number of carbonyl (C=O) groups excluding carboxylic acids is 6. The molecule has 5 fully saturated rings. The molecular weight excluding hydrogens is 2170 g/mol. The Morgan fingerprint density at radius 3 is 1.05 bits per heavy atom. The Labute approximate surface area is 899 Å². The number of aliphatic hydroxyl groups excluding tert-OH is 1. The number of carbonyl (C=O) groups is 8. The number of esters is 4. The number of aliphatic hydroxyl groups is 1. The number of carboxylic acids is 2. The third-order valence-electron chi connectivity index (χ3n) is 15.9. The zero-order valence-corrected chi connectivity index (χ0v) is 79.8. The average molecular weight is 2320 g/mol. The van der Waals surface area contributed by atoms with Crippen LogP contribution in [-0.2, 0) is 116 Å². The molecule has 61 heteroatoms. The summed E-state index contributed by atoms with van der Waals surface area (Å²) < 4.78 is 339. The summed E-state index contributed by atoms with van der Waals surface area (Å²) in [6, 6.07) is 0. The molecule has 0 aliphatic carbocycles. The molecule has 0 bridgehead atoms. The van der Waals surface area contributed by atoms with Crippen molar-refractivity contribution in [3.05, 3.63) is 72.7 Å². The van der Waals surface area contributed by atoms with Gasteiger partial charge in [0.15, 0.2) is 66.2 Å². The van der Waals surface area contributed by atoms with Gasteiger partial charge >= 0.3 is 163 Å². The third-order valence-corrected chi connectivity index (χ3v) is 16.5. The van der Waals surface area contributed by atoms with E-state index >= 15 is 0 Å². The van der Waals surface area contributed by atoms with Gasteiger partial charge in [-0.25, -0.2) is 19.4 Å². The van der Waals surface area contributed by atoms with Crippen LogP contribution in [0.2, 0.25) is 0 Å². The summed E-state index contributed by atoms with van der Waals surface area (Å²) in [4.78, 5) is 91.0. The largest absolute Gasteiger partial charge is 1.00 e. The topological polar surface area (TPSA) is 479 Å². The van der Waals surface area contributed by atoms with Gasteiger partial charge in [-0.05, 0) is 98.3 Å².